The van der Waals surface area contributed by atoms with Gasteiger partial charge in [0.25, 0.3) is 5.91 Å². The number of carboxylic acid groups (broad SMARTS) is 1. The Morgan fingerprint density at radius 3 is 1.94 bits per heavy atom. The van der Waals surface area contributed by atoms with Crippen LogP contribution in [0.5, 0.6) is 11.5 Å². The molecule has 13 nitrogen and oxygen atoms in total. The van der Waals surface area contributed by atoms with E-state index in [2.05, 4.69) is 63.1 Å². The van der Waals surface area contributed by atoms with Gasteiger partial charge in [-0.1, -0.05) is 17.8 Å². The van der Waals surface area contributed by atoms with Gasteiger partial charge in [0, 0.05) is 18.0 Å². The summed E-state index contributed by atoms with van der Waals surface area (Å²) in [5.41, 5.74) is 5.86. The molecule has 53 heavy (non-hydrogen) atoms. The van der Waals surface area contributed by atoms with Gasteiger partial charge in [0.2, 0.25) is 0 Å². The van der Waals surface area contributed by atoms with Crippen LogP contribution in [0.1, 0.15) is 49.5 Å². The first-order chi connectivity index (χ1) is 25.1. The van der Waals surface area contributed by atoms with Gasteiger partial charge in [0.05, 0.1) is 53.9 Å². The van der Waals surface area contributed by atoms with Crippen LogP contribution in [0.15, 0.2) is 67.5 Å². The number of hydrogen-bond donors (Lipinski definition) is 4. The van der Waals surface area contributed by atoms with E-state index < -0.39 is 50.7 Å². The summed E-state index contributed by atoms with van der Waals surface area (Å²) in [5, 5.41) is 20.5. The number of aliphatic hydroxyl groups is 1. The second-order valence-corrected chi connectivity index (χ2v) is 9.87. The van der Waals surface area contributed by atoms with Crippen LogP contribution >= 0.6 is 0 Å². The molecular formula is C33H25F7N6O7. The van der Waals surface area contributed by atoms with Crippen LogP contribution in [0.4, 0.5) is 36.6 Å². The molecule has 20 heteroatoms. The SMILES string of the molecule is Nc1cnc(C#Cc2cc(C(=O)NC(CO)CCOC(F)(F)F)ccc2OC(F)F)cn1.O=C(O)c1ccc(OC(F)F)c(C#Cc2cncnc2)c1. The number of nitrogen functional groups attached to an aromatic ring is 1. The number of halogens is 7. The molecule has 2 aromatic carbocycles. The number of aromatic carboxylic acids is 1. The maximum atomic E-state index is 12.7. The largest absolute Gasteiger partial charge is 0.522 e. The van der Waals surface area contributed by atoms with Crippen molar-refractivity contribution < 1.29 is 64.7 Å². The van der Waals surface area contributed by atoms with Crippen LogP contribution in [0.25, 0.3) is 0 Å². The minimum Gasteiger partial charge on any atom is -0.478 e. The number of aromatic nitrogens is 4. The Hall–Kier alpha value is -6.51. The molecule has 0 bridgehead atoms. The summed E-state index contributed by atoms with van der Waals surface area (Å²) in [4.78, 5) is 38.5. The van der Waals surface area contributed by atoms with Gasteiger partial charge in [0.1, 0.15) is 29.3 Å². The summed E-state index contributed by atoms with van der Waals surface area (Å²) < 4.78 is 98.5. The van der Waals surface area contributed by atoms with Crippen molar-refractivity contribution in [3.63, 3.8) is 0 Å². The Balaban J connectivity index is 0.000000311. The third-order valence-corrected chi connectivity index (χ3v) is 6.09. The van der Waals surface area contributed by atoms with Gasteiger partial charge in [0.15, 0.2) is 0 Å². The minimum atomic E-state index is -4.84. The van der Waals surface area contributed by atoms with E-state index in [1.165, 1.54) is 31.1 Å². The lowest BCUT2D eigenvalue weighted by Crippen LogP contribution is -2.38. The number of hydrogen-bond acceptors (Lipinski definition) is 11. The van der Waals surface area contributed by atoms with Crippen LogP contribution < -0.4 is 20.5 Å². The van der Waals surface area contributed by atoms with Crippen molar-refractivity contribution in [2.75, 3.05) is 18.9 Å². The molecule has 4 rings (SSSR count). The van der Waals surface area contributed by atoms with E-state index >= 15 is 0 Å². The van der Waals surface area contributed by atoms with E-state index in [0.717, 1.165) is 36.4 Å². The van der Waals surface area contributed by atoms with E-state index in [1.54, 1.807) is 0 Å². The summed E-state index contributed by atoms with van der Waals surface area (Å²) in [6.07, 6.45) is 1.53. The minimum absolute atomic E-state index is 0.0408. The zero-order chi connectivity index (χ0) is 39.0. The number of nitrogens with two attached hydrogens (primary N) is 1. The van der Waals surface area contributed by atoms with E-state index in [0.29, 0.717) is 5.56 Å². The quantitative estimate of drug-likeness (QED) is 0.126. The molecule has 0 radical (unpaired) electrons. The van der Waals surface area contributed by atoms with Gasteiger partial charge in [-0.25, -0.2) is 24.7 Å². The van der Waals surface area contributed by atoms with E-state index in [-0.39, 0.29) is 51.7 Å². The van der Waals surface area contributed by atoms with Crippen molar-refractivity contribution in [1.29, 1.82) is 0 Å². The monoisotopic (exact) mass is 750 g/mol. The van der Waals surface area contributed by atoms with Crippen molar-refractivity contribution in [2.24, 2.45) is 0 Å². The fraction of sp³-hybridized carbons (Fsp3) is 0.212. The molecular weight excluding hydrogens is 725 g/mol. The molecule has 2 aromatic heterocycles. The zero-order valence-corrected chi connectivity index (χ0v) is 26.7. The Morgan fingerprint density at radius 1 is 0.830 bits per heavy atom. The summed E-state index contributed by atoms with van der Waals surface area (Å²) in [6.45, 7) is -7.61. The van der Waals surface area contributed by atoms with E-state index in [9.17, 15) is 45.4 Å². The number of aliphatic hydroxyl groups excluding tert-OH is 1. The summed E-state index contributed by atoms with van der Waals surface area (Å²) in [5.74, 6) is 8.00. The summed E-state index contributed by atoms with van der Waals surface area (Å²) >= 11 is 0. The highest BCUT2D eigenvalue weighted by Crippen LogP contribution is 2.23. The lowest BCUT2D eigenvalue weighted by molar-refractivity contribution is -0.325. The first-order valence-corrected chi connectivity index (χ1v) is 14.5. The molecule has 0 fully saturated rings. The lowest BCUT2D eigenvalue weighted by Gasteiger charge is -2.17. The molecule has 0 saturated heterocycles. The van der Waals surface area contributed by atoms with Crippen LogP contribution in [0.2, 0.25) is 0 Å². The number of alkyl halides is 7. The molecule has 0 aliphatic heterocycles. The topological polar surface area (TPSA) is 192 Å². The summed E-state index contributed by atoms with van der Waals surface area (Å²) in [6, 6.07) is 5.81. The smallest absolute Gasteiger partial charge is 0.478 e. The summed E-state index contributed by atoms with van der Waals surface area (Å²) in [7, 11) is 0. The average molecular weight is 751 g/mol. The number of benzene rings is 2. The number of nitrogens with one attached hydrogen (secondary N) is 1. The number of nitrogens with zero attached hydrogens (tertiary/aromatic N) is 4. The van der Waals surface area contributed by atoms with E-state index in [4.69, 9.17) is 10.8 Å². The molecule has 2 heterocycles. The van der Waals surface area contributed by atoms with E-state index in [1.807, 2.05) is 0 Å². The number of amides is 1. The molecule has 1 atom stereocenters. The highest BCUT2D eigenvalue weighted by atomic mass is 19.4. The average Bonchev–Trinajstić information content (AvgIpc) is 3.10. The predicted octanol–water partition coefficient (Wildman–Crippen LogP) is 4.25. The lowest BCUT2D eigenvalue weighted by atomic mass is 10.1. The van der Waals surface area contributed by atoms with Gasteiger partial charge >= 0.3 is 25.6 Å². The standard InChI is InChI=1S/C19H17F5N4O4.C14H8F2N2O3/c20-18(21)32-15-4-2-12(7-11(15)1-3-13-8-27-16(25)9-26-13)17(30)28-14(10-29)5-6-31-19(22,23)24;15-14(16)21-12-4-3-11(13(19)20)5-10(12)2-1-9-6-17-8-18-7-9/h2,4,7-9,14,18,29H,5-6,10H2,(H2,25,27)(H,28,30);3-8,14H,(H,19,20). The number of ether oxygens (including phenoxy) is 3. The van der Waals surface area contributed by atoms with Gasteiger partial charge in [-0.2, -0.15) is 17.6 Å². The fourth-order valence-corrected chi connectivity index (χ4v) is 3.76. The highest BCUT2D eigenvalue weighted by Gasteiger charge is 2.29. The van der Waals surface area contributed by atoms with Gasteiger partial charge in [-0.15, -0.1) is 13.2 Å². The highest BCUT2D eigenvalue weighted by molar-refractivity contribution is 5.95. The molecule has 5 N–H and O–H groups in total. The molecule has 0 aliphatic rings. The van der Waals surface area contributed by atoms with Crippen molar-refractivity contribution in [3.8, 4) is 35.2 Å². The van der Waals surface area contributed by atoms with Crippen molar-refractivity contribution in [1.82, 2.24) is 25.3 Å². The Morgan fingerprint density at radius 2 is 1.42 bits per heavy atom. The zero-order valence-electron chi connectivity index (χ0n) is 26.7. The van der Waals surface area contributed by atoms with Gasteiger partial charge in [-0.3, -0.25) is 9.53 Å². The molecule has 0 aliphatic carbocycles. The first-order valence-electron chi connectivity index (χ1n) is 14.5. The third kappa shape index (κ3) is 14.7. The van der Waals surface area contributed by atoms with Gasteiger partial charge in [-0.05, 0) is 48.7 Å². The van der Waals surface area contributed by atoms with Crippen molar-refractivity contribution in [2.45, 2.75) is 32.0 Å². The molecule has 1 unspecified atom stereocenters. The number of rotatable bonds is 11. The second kappa shape index (κ2) is 19.8. The van der Waals surface area contributed by atoms with Crippen molar-refractivity contribution >= 4 is 17.7 Å². The van der Waals surface area contributed by atoms with Crippen LogP contribution in [0, 0.1) is 23.7 Å². The molecule has 278 valence electrons. The Kier molecular flexibility index (Phi) is 15.3. The number of carboxylic acids is 1. The normalized spacial score (nSPS) is 11.2. The van der Waals surface area contributed by atoms with Gasteiger partial charge < -0.3 is 30.7 Å². The Labute approximate surface area is 295 Å². The van der Waals surface area contributed by atoms with Crippen LogP contribution in [-0.2, 0) is 4.74 Å². The van der Waals surface area contributed by atoms with Crippen LogP contribution in [-0.4, -0.2) is 80.9 Å². The number of carbonyl (C=O) groups excluding carboxylic acids is 1. The van der Waals surface area contributed by atoms with Crippen LogP contribution in [0.3, 0.4) is 0 Å². The molecule has 4 aromatic rings. The molecule has 1 amide bonds. The maximum absolute atomic E-state index is 12.7. The maximum Gasteiger partial charge on any atom is 0.522 e. The fourth-order valence-electron chi connectivity index (χ4n) is 3.76. The third-order valence-electron chi connectivity index (χ3n) is 6.09. The Bertz CT molecular complexity index is 1970. The number of carbonyl (C=O) groups is 2. The first kappa shape index (κ1) is 40.9. The van der Waals surface area contributed by atoms with Crippen molar-refractivity contribution in [3.05, 3.63) is 101 Å². The second-order valence-electron chi connectivity index (χ2n) is 9.87. The molecule has 0 spiro atoms. The number of anilines is 1. The predicted molar refractivity (Wildman–Crippen MR) is 169 cm³/mol. The molecule has 0 saturated carbocycles.